The van der Waals surface area contributed by atoms with Gasteiger partial charge in [0, 0.05) is 13.1 Å². The maximum Gasteiger partial charge on any atom is 0.416 e. The lowest BCUT2D eigenvalue weighted by Gasteiger charge is -2.26. The second-order valence-corrected chi connectivity index (χ2v) is 4.60. The molecule has 0 fully saturated rings. The fourth-order valence-corrected chi connectivity index (χ4v) is 1.98. The predicted molar refractivity (Wildman–Crippen MR) is 72.6 cm³/mol. The minimum atomic E-state index is -4.59. The minimum absolute atomic E-state index is 0.172. The molecule has 118 valence electrons. The molecule has 0 unspecified atom stereocenters. The van der Waals surface area contributed by atoms with Crippen molar-refractivity contribution in [2.24, 2.45) is 0 Å². The van der Waals surface area contributed by atoms with Gasteiger partial charge in [-0.15, -0.1) is 0 Å². The summed E-state index contributed by atoms with van der Waals surface area (Å²) >= 11 is 0. The van der Waals surface area contributed by atoms with Gasteiger partial charge in [-0.25, -0.2) is 4.79 Å². The van der Waals surface area contributed by atoms with Crippen molar-refractivity contribution in [3.05, 3.63) is 29.3 Å². The van der Waals surface area contributed by atoms with Crippen molar-refractivity contribution in [3.8, 4) is 0 Å². The van der Waals surface area contributed by atoms with Crippen LogP contribution in [-0.2, 0) is 6.18 Å². The molecular weight excluding hydrogens is 287 g/mol. The number of hydrogen-bond acceptors (Lipinski definition) is 3. The van der Waals surface area contributed by atoms with Gasteiger partial charge in [0.05, 0.1) is 23.4 Å². The van der Waals surface area contributed by atoms with E-state index in [0.29, 0.717) is 12.6 Å². The molecule has 1 aromatic carbocycles. The number of alkyl halides is 3. The smallest absolute Gasteiger partial charge is 0.416 e. The number of nitrogens with zero attached hydrogens (tertiary/aromatic N) is 1. The van der Waals surface area contributed by atoms with Crippen LogP contribution in [0.4, 0.5) is 18.9 Å². The Hall–Kier alpha value is -1.76. The Labute approximate surface area is 120 Å². The number of rotatable bonds is 7. The van der Waals surface area contributed by atoms with Crippen LogP contribution in [0.1, 0.15) is 35.7 Å². The van der Waals surface area contributed by atoms with Crippen LogP contribution in [0.2, 0.25) is 0 Å². The first kappa shape index (κ1) is 17.3. The molecule has 7 heteroatoms. The zero-order chi connectivity index (χ0) is 16.0. The van der Waals surface area contributed by atoms with E-state index in [1.807, 2.05) is 6.92 Å². The van der Waals surface area contributed by atoms with Crippen LogP contribution < -0.4 is 4.90 Å². The van der Waals surface area contributed by atoms with Crippen molar-refractivity contribution in [2.75, 3.05) is 24.6 Å². The summed E-state index contributed by atoms with van der Waals surface area (Å²) < 4.78 is 38.0. The van der Waals surface area contributed by atoms with Crippen molar-refractivity contribution < 1.29 is 28.2 Å². The van der Waals surface area contributed by atoms with E-state index in [4.69, 9.17) is 10.2 Å². The maximum absolute atomic E-state index is 12.7. The van der Waals surface area contributed by atoms with Gasteiger partial charge in [0.25, 0.3) is 0 Å². The number of aromatic carboxylic acids is 1. The fraction of sp³-hybridized carbons (Fsp3) is 0.500. The molecule has 0 heterocycles. The van der Waals surface area contributed by atoms with Crippen molar-refractivity contribution >= 4 is 11.7 Å². The van der Waals surface area contributed by atoms with Gasteiger partial charge < -0.3 is 15.1 Å². The number of carbonyl (C=O) groups is 1. The summed E-state index contributed by atoms with van der Waals surface area (Å²) in [4.78, 5) is 12.8. The number of carboxylic acids is 1. The van der Waals surface area contributed by atoms with Crippen molar-refractivity contribution in [1.29, 1.82) is 0 Å². The van der Waals surface area contributed by atoms with E-state index in [1.165, 1.54) is 0 Å². The number of aliphatic hydroxyl groups excluding tert-OH is 1. The highest BCUT2D eigenvalue weighted by Gasteiger charge is 2.32. The molecule has 0 spiro atoms. The Balaban J connectivity index is 3.23. The standard InChI is InChI=1S/C14H18F3NO3/c1-2-3-6-18(7-8-19)12-5-4-10(14(15,16)17)9-11(12)13(20)21/h4-5,9,19H,2-3,6-8H2,1H3,(H,20,21). The number of unbranched alkanes of at least 4 members (excludes halogenated alkanes) is 1. The Morgan fingerprint density at radius 1 is 1.29 bits per heavy atom. The number of carboxylic acid groups (broad SMARTS) is 1. The molecule has 0 saturated heterocycles. The van der Waals surface area contributed by atoms with E-state index in [0.717, 1.165) is 25.0 Å². The number of anilines is 1. The molecule has 0 aromatic heterocycles. The highest BCUT2D eigenvalue weighted by Crippen LogP contribution is 2.33. The van der Waals surface area contributed by atoms with E-state index in [2.05, 4.69) is 0 Å². The Bertz CT molecular complexity index is 489. The van der Waals surface area contributed by atoms with Gasteiger partial charge in [-0.05, 0) is 24.6 Å². The van der Waals surface area contributed by atoms with Gasteiger partial charge >= 0.3 is 12.1 Å². The third kappa shape index (κ3) is 4.63. The number of hydrogen-bond donors (Lipinski definition) is 2. The Kier molecular flexibility index (Phi) is 6.02. The molecule has 0 saturated carbocycles. The highest BCUT2D eigenvalue weighted by atomic mass is 19.4. The quantitative estimate of drug-likeness (QED) is 0.813. The van der Waals surface area contributed by atoms with Crippen molar-refractivity contribution in [2.45, 2.75) is 25.9 Å². The topological polar surface area (TPSA) is 60.8 Å². The maximum atomic E-state index is 12.7. The zero-order valence-electron chi connectivity index (χ0n) is 11.7. The summed E-state index contributed by atoms with van der Waals surface area (Å²) in [6, 6.07) is 2.64. The largest absolute Gasteiger partial charge is 0.478 e. The van der Waals surface area contributed by atoms with Gasteiger partial charge in [0.15, 0.2) is 0 Å². The van der Waals surface area contributed by atoms with Crippen molar-refractivity contribution in [3.63, 3.8) is 0 Å². The molecule has 4 nitrogen and oxygen atoms in total. The first-order valence-electron chi connectivity index (χ1n) is 6.61. The molecule has 0 radical (unpaired) electrons. The third-order valence-electron chi connectivity index (χ3n) is 3.05. The lowest BCUT2D eigenvalue weighted by molar-refractivity contribution is -0.137. The van der Waals surface area contributed by atoms with Crippen LogP contribution in [-0.4, -0.2) is 35.9 Å². The van der Waals surface area contributed by atoms with Gasteiger partial charge in [-0.3, -0.25) is 0 Å². The van der Waals surface area contributed by atoms with E-state index in [9.17, 15) is 18.0 Å². The van der Waals surface area contributed by atoms with E-state index in [1.54, 1.807) is 4.90 Å². The van der Waals surface area contributed by atoms with Gasteiger partial charge in [0.2, 0.25) is 0 Å². The summed E-state index contributed by atoms with van der Waals surface area (Å²) in [5, 5.41) is 18.2. The van der Waals surface area contributed by atoms with Crippen LogP contribution in [0.5, 0.6) is 0 Å². The molecule has 0 aliphatic heterocycles. The predicted octanol–water partition coefficient (Wildman–Crippen LogP) is 3.00. The molecule has 0 bridgehead atoms. The Morgan fingerprint density at radius 2 is 1.95 bits per heavy atom. The number of aliphatic hydroxyl groups is 1. The second kappa shape index (κ2) is 7.31. The Morgan fingerprint density at radius 3 is 2.43 bits per heavy atom. The lowest BCUT2D eigenvalue weighted by atomic mass is 10.1. The minimum Gasteiger partial charge on any atom is -0.478 e. The molecule has 0 aliphatic rings. The second-order valence-electron chi connectivity index (χ2n) is 4.60. The molecular formula is C14H18F3NO3. The molecule has 2 N–H and O–H groups in total. The zero-order valence-corrected chi connectivity index (χ0v) is 11.7. The average Bonchev–Trinajstić information content (AvgIpc) is 2.41. The normalized spacial score (nSPS) is 11.5. The molecule has 0 atom stereocenters. The van der Waals surface area contributed by atoms with E-state index < -0.39 is 23.3 Å². The van der Waals surface area contributed by atoms with Gasteiger partial charge in [0.1, 0.15) is 0 Å². The summed E-state index contributed by atoms with van der Waals surface area (Å²) in [5.41, 5.74) is -1.21. The van der Waals surface area contributed by atoms with Crippen LogP contribution in [0, 0.1) is 0 Å². The molecule has 21 heavy (non-hydrogen) atoms. The summed E-state index contributed by atoms with van der Waals surface area (Å²) in [6.45, 7) is 2.39. The molecule has 0 amide bonds. The van der Waals surface area contributed by atoms with Crippen LogP contribution in [0.3, 0.4) is 0 Å². The fourth-order valence-electron chi connectivity index (χ4n) is 1.98. The molecule has 0 aliphatic carbocycles. The highest BCUT2D eigenvalue weighted by molar-refractivity contribution is 5.94. The number of benzene rings is 1. The van der Waals surface area contributed by atoms with Gasteiger partial charge in [-0.1, -0.05) is 13.3 Å². The van der Waals surface area contributed by atoms with Crippen LogP contribution >= 0.6 is 0 Å². The summed E-state index contributed by atoms with van der Waals surface area (Å²) in [6.07, 6.45) is -2.99. The summed E-state index contributed by atoms with van der Waals surface area (Å²) in [7, 11) is 0. The molecule has 1 aromatic rings. The third-order valence-corrected chi connectivity index (χ3v) is 3.05. The first-order chi connectivity index (χ1) is 9.81. The van der Waals surface area contributed by atoms with E-state index in [-0.39, 0.29) is 18.8 Å². The average molecular weight is 305 g/mol. The van der Waals surface area contributed by atoms with Gasteiger partial charge in [-0.2, -0.15) is 13.2 Å². The lowest BCUT2D eigenvalue weighted by Crippen LogP contribution is -2.29. The summed E-state index contributed by atoms with van der Waals surface area (Å²) in [5.74, 6) is -1.42. The molecule has 1 rings (SSSR count). The first-order valence-corrected chi connectivity index (χ1v) is 6.61. The van der Waals surface area contributed by atoms with E-state index >= 15 is 0 Å². The monoisotopic (exact) mass is 305 g/mol. The van der Waals surface area contributed by atoms with Crippen LogP contribution in [0.15, 0.2) is 18.2 Å². The number of halogens is 3. The van der Waals surface area contributed by atoms with Crippen LogP contribution in [0.25, 0.3) is 0 Å². The SMILES string of the molecule is CCCCN(CCO)c1ccc(C(F)(F)F)cc1C(=O)O. The van der Waals surface area contributed by atoms with Crippen molar-refractivity contribution in [1.82, 2.24) is 0 Å².